The van der Waals surface area contributed by atoms with Crippen LogP contribution in [0.15, 0.2) is 21.9 Å². The van der Waals surface area contributed by atoms with Gasteiger partial charge in [-0.1, -0.05) is 19.8 Å². The Kier molecular flexibility index (Phi) is 4.02. The summed E-state index contributed by atoms with van der Waals surface area (Å²) in [6, 6.07) is 1.48. The van der Waals surface area contributed by atoms with Gasteiger partial charge in [0.05, 0.1) is 18.2 Å². The average molecular weight is 292 g/mol. The number of nitrogens with zero attached hydrogens (tertiary/aromatic N) is 2. The lowest BCUT2D eigenvalue weighted by molar-refractivity contribution is -0.0426. The average Bonchev–Trinajstić information content (AvgIpc) is 3.09. The lowest BCUT2D eigenvalue weighted by Crippen LogP contribution is -2.42. The summed E-state index contributed by atoms with van der Waals surface area (Å²) in [5.74, 6) is 0. The van der Waals surface area contributed by atoms with Crippen LogP contribution in [0.5, 0.6) is 0 Å². The van der Waals surface area contributed by atoms with Gasteiger partial charge in [0.15, 0.2) is 0 Å². The number of aryl methyl sites for hydroxylation is 1. The topological polar surface area (TPSA) is 53.2 Å². The van der Waals surface area contributed by atoms with Gasteiger partial charge in [-0.3, -0.25) is 9.36 Å². The van der Waals surface area contributed by atoms with E-state index < -0.39 is 0 Å². The van der Waals surface area contributed by atoms with E-state index in [-0.39, 0.29) is 23.0 Å². The second kappa shape index (κ2) is 5.79. The van der Waals surface area contributed by atoms with Crippen LogP contribution >= 0.6 is 0 Å². The molecule has 1 aromatic rings. The molecule has 0 amide bonds. The highest BCUT2D eigenvalue weighted by Gasteiger charge is 2.42. The van der Waals surface area contributed by atoms with Gasteiger partial charge in [-0.15, -0.1) is 0 Å². The Morgan fingerprint density at radius 2 is 2.05 bits per heavy atom. The van der Waals surface area contributed by atoms with Crippen LogP contribution in [0.2, 0.25) is 0 Å². The van der Waals surface area contributed by atoms with E-state index in [1.807, 2.05) is 6.92 Å². The van der Waals surface area contributed by atoms with Crippen LogP contribution in [0.4, 0.5) is 0 Å². The fraction of sp³-hybridized carbons (Fsp3) is 0.750. The van der Waals surface area contributed by atoms with Crippen molar-refractivity contribution < 1.29 is 4.74 Å². The largest absolute Gasteiger partial charge is 0.370 e. The third kappa shape index (κ3) is 2.84. The zero-order valence-corrected chi connectivity index (χ0v) is 12.7. The van der Waals surface area contributed by atoms with Crippen LogP contribution in [0.25, 0.3) is 0 Å². The van der Waals surface area contributed by atoms with Crippen LogP contribution in [0, 0.1) is 0 Å². The number of hydrogen-bond donors (Lipinski definition) is 0. The normalized spacial score (nSPS) is 24.0. The highest BCUT2D eigenvalue weighted by atomic mass is 16.5. The molecule has 1 spiro atoms. The van der Waals surface area contributed by atoms with Gasteiger partial charge in [-0.25, -0.2) is 4.79 Å². The number of rotatable bonds is 4. The minimum Gasteiger partial charge on any atom is -0.370 e. The van der Waals surface area contributed by atoms with E-state index in [1.165, 1.54) is 23.5 Å². The van der Waals surface area contributed by atoms with E-state index in [4.69, 9.17) is 4.74 Å². The van der Waals surface area contributed by atoms with Crippen molar-refractivity contribution in [3.8, 4) is 0 Å². The molecular weight excluding hydrogens is 268 g/mol. The Labute approximate surface area is 124 Å². The quantitative estimate of drug-likeness (QED) is 0.852. The van der Waals surface area contributed by atoms with Gasteiger partial charge in [0.1, 0.15) is 0 Å². The van der Waals surface area contributed by atoms with Crippen LogP contribution < -0.4 is 11.2 Å². The molecule has 2 fully saturated rings. The molecular formula is C16H24N2O3. The first-order chi connectivity index (χ1) is 10.1. The van der Waals surface area contributed by atoms with Crippen molar-refractivity contribution in [1.29, 1.82) is 0 Å². The van der Waals surface area contributed by atoms with E-state index in [0.717, 1.165) is 32.1 Å². The molecule has 116 valence electrons. The fourth-order valence-electron chi connectivity index (χ4n) is 3.75. The Bertz CT molecular complexity index is 611. The predicted octanol–water partition coefficient (Wildman–Crippen LogP) is 1.91. The molecule has 5 heteroatoms. The van der Waals surface area contributed by atoms with E-state index >= 15 is 0 Å². The first kappa shape index (κ1) is 14.6. The minimum absolute atomic E-state index is 0.00553. The molecule has 5 nitrogen and oxygen atoms in total. The van der Waals surface area contributed by atoms with Gasteiger partial charge in [0.25, 0.3) is 5.56 Å². The molecule has 21 heavy (non-hydrogen) atoms. The molecule has 2 heterocycles. The lowest BCUT2D eigenvalue weighted by Gasteiger charge is -2.24. The summed E-state index contributed by atoms with van der Waals surface area (Å²) in [5.41, 5.74) is -0.380. The summed E-state index contributed by atoms with van der Waals surface area (Å²) in [6.45, 7) is 3.06. The number of ether oxygens (including phenoxy) is 1. The molecule has 2 aliphatic rings. The van der Waals surface area contributed by atoms with Crippen molar-refractivity contribution >= 4 is 0 Å². The minimum atomic E-state index is -0.219. The van der Waals surface area contributed by atoms with E-state index in [9.17, 15) is 9.59 Å². The van der Waals surface area contributed by atoms with Crippen molar-refractivity contribution in [2.75, 3.05) is 0 Å². The van der Waals surface area contributed by atoms with E-state index in [0.29, 0.717) is 13.1 Å². The molecule has 1 aromatic heterocycles. The number of hydrogen-bond acceptors (Lipinski definition) is 3. The molecule has 1 atom stereocenters. The highest BCUT2D eigenvalue weighted by molar-refractivity contribution is 4.94. The van der Waals surface area contributed by atoms with Crippen molar-refractivity contribution in [2.24, 2.45) is 0 Å². The molecule has 0 aromatic carbocycles. The van der Waals surface area contributed by atoms with Crippen LogP contribution in [0.1, 0.15) is 51.9 Å². The van der Waals surface area contributed by atoms with Gasteiger partial charge >= 0.3 is 5.69 Å². The Balaban J connectivity index is 1.78. The second-order valence-electron chi connectivity index (χ2n) is 6.41. The van der Waals surface area contributed by atoms with Gasteiger partial charge in [-0.05, 0) is 32.1 Å². The summed E-state index contributed by atoms with van der Waals surface area (Å²) < 4.78 is 9.17. The van der Waals surface area contributed by atoms with Crippen molar-refractivity contribution in [3.63, 3.8) is 0 Å². The lowest BCUT2D eigenvalue weighted by atomic mass is 9.98. The molecule has 1 unspecified atom stereocenters. The Morgan fingerprint density at radius 1 is 1.29 bits per heavy atom. The van der Waals surface area contributed by atoms with Crippen molar-refractivity contribution in [3.05, 3.63) is 33.1 Å². The van der Waals surface area contributed by atoms with Gasteiger partial charge in [0, 0.05) is 18.8 Å². The molecule has 1 aliphatic carbocycles. The van der Waals surface area contributed by atoms with E-state index in [1.54, 1.807) is 10.8 Å². The third-order valence-electron chi connectivity index (χ3n) is 4.84. The van der Waals surface area contributed by atoms with Crippen molar-refractivity contribution in [1.82, 2.24) is 9.13 Å². The molecule has 0 radical (unpaired) electrons. The molecule has 1 aliphatic heterocycles. The van der Waals surface area contributed by atoms with Gasteiger partial charge in [0.2, 0.25) is 0 Å². The SMILES string of the molecule is CCCn1ccc(=O)n(CC2CCC3(CCCC3)O2)c1=O. The monoisotopic (exact) mass is 292 g/mol. The highest BCUT2D eigenvalue weighted by Crippen LogP contribution is 2.43. The summed E-state index contributed by atoms with van der Waals surface area (Å²) >= 11 is 0. The summed E-state index contributed by atoms with van der Waals surface area (Å²) in [5, 5.41) is 0. The summed E-state index contributed by atoms with van der Waals surface area (Å²) in [7, 11) is 0. The van der Waals surface area contributed by atoms with Crippen LogP contribution in [0.3, 0.4) is 0 Å². The molecule has 0 N–H and O–H groups in total. The first-order valence-corrected chi connectivity index (χ1v) is 8.12. The molecule has 1 saturated carbocycles. The maximum absolute atomic E-state index is 12.4. The smallest absolute Gasteiger partial charge is 0.331 e. The summed E-state index contributed by atoms with van der Waals surface area (Å²) in [6.07, 6.45) is 9.24. The standard InChI is InChI=1S/C16H24N2O3/c1-2-10-17-11-6-14(19)18(15(17)20)12-13-5-9-16(21-13)7-3-4-8-16/h6,11,13H,2-5,7-10,12H2,1H3. The predicted molar refractivity (Wildman–Crippen MR) is 80.6 cm³/mol. The Hall–Kier alpha value is -1.36. The van der Waals surface area contributed by atoms with Gasteiger partial charge in [-0.2, -0.15) is 0 Å². The fourth-order valence-corrected chi connectivity index (χ4v) is 3.75. The van der Waals surface area contributed by atoms with Crippen molar-refractivity contribution in [2.45, 2.75) is 76.7 Å². The zero-order valence-electron chi connectivity index (χ0n) is 12.7. The van der Waals surface area contributed by atoms with Gasteiger partial charge < -0.3 is 9.30 Å². The molecule has 1 saturated heterocycles. The van der Waals surface area contributed by atoms with E-state index in [2.05, 4.69) is 0 Å². The zero-order chi connectivity index (χ0) is 14.9. The summed E-state index contributed by atoms with van der Waals surface area (Å²) in [4.78, 5) is 24.3. The maximum atomic E-state index is 12.4. The first-order valence-electron chi connectivity index (χ1n) is 8.12. The Morgan fingerprint density at radius 3 is 2.76 bits per heavy atom. The number of aromatic nitrogens is 2. The molecule has 0 bridgehead atoms. The third-order valence-corrected chi connectivity index (χ3v) is 4.84. The molecule has 3 rings (SSSR count). The maximum Gasteiger partial charge on any atom is 0.331 e. The van der Waals surface area contributed by atoms with Crippen LogP contribution in [-0.2, 0) is 17.8 Å². The van der Waals surface area contributed by atoms with Crippen LogP contribution in [-0.4, -0.2) is 20.8 Å². The second-order valence-corrected chi connectivity index (χ2v) is 6.41.